The number of aromatic nitrogens is 4. The van der Waals surface area contributed by atoms with Crippen LogP contribution in [0.4, 0.5) is 0 Å². The molecule has 2 aromatic heterocycles. The second-order valence-electron chi connectivity index (χ2n) is 5.98. The first-order chi connectivity index (χ1) is 13.8. The van der Waals surface area contributed by atoms with E-state index in [4.69, 9.17) is 11.6 Å². The topological polar surface area (TPSA) is 43.6 Å². The summed E-state index contributed by atoms with van der Waals surface area (Å²) in [6, 6.07) is 21.8. The van der Waals surface area contributed by atoms with Crippen LogP contribution in [0, 0.1) is 0 Å². The minimum absolute atomic E-state index is 0.697. The van der Waals surface area contributed by atoms with Gasteiger partial charge in [-0.15, -0.1) is 10.2 Å². The van der Waals surface area contributed by atoms with E-state index in [0.29, 0.717) is 5.02 Å². The van der Waals surface area contributed by atoms with Crippen molar-refractivity contribution in [2.24, 2.45) is 0 Å². The number of rotatable bonds is 6. The van der Waals surface area contributed by atoms with Gasteiger partial charge < -0.3 is 0 Å². The van der Waals surface area contributed by atoms with Gasteiger partial charge in [-0.1, -0.05) is 65.8 Å². The molecule has 6 heteroatoms. The van der Waals surface area contributed by atoms with E-state index in [0.717, 1.165) is 28.0 Å². The summed E-state index contributed by atoms with van der Waals surface area (Å²) in [7, 11) is 0. The lowest BCUT2D eigenvalue weighted by Gasteiger charge is -2.10. The van der Waals surface area contributed by atoms with Gasteiger partial charge in [0.15, 0.2) is 11.0 Å². The molecule has 0 fully saturated rings. The van der Waals surface area contributed by atoms with Crippen molar-refractivity contribution in [2.45, 2.75) is 5.16 Å². The predicted octanol–water partition coefficient (Wildman–Crippen LogP) is 5.79. The Hall–Kier alpha value is -2.89. The van der Waals surface area contributed by atoms with Crippen molar-refractivity contribution in [3.8, 4) is 17.1 Å². The summed E-state index contributed by atoms with van der Waals surface area (Å²) < 4.78 is 2.05. The van der Waals surface area contributed by atoms with Crippen molar-refractivity contribution >= 4 is 29.4 Å². The number of pyridine rings is 1. The number of thioether (sulfide) groups is 1. The number of hydrogen-bond acceptors (Lipinski definition) is 4. The average Bonchev–Trinajstić information content (AvgIpc) is 3.17. The molecule has 2 heterocycles. The second kappa shape index (κ2) is 8.87. The van der Waals surface area contributed by atoms with Crippen LogP contribution in [0.1, 0.15) is 5.56 Å². The van der Waals surface area contributed by atoms with Crippen LogP contribution < -0.4 is 0 Å². The summed E-state index contributed by atoms with van der Waals surface area (Å²) in [6.45, 7) is 0. The lowest BCUT2D eigenvalue weighted by molar-refractivity contribution is 0.887. The number of halogens is 1. The van der Waals surface area contributed by atoms with E-state index in [1.807, 2.05) is 59.2 Å². The molecule has 0 N–H and O–H groups in total. The first-order valence-corrected chi connectivity index (χ1v) is 10.1. The smallest absolute Gasteiger partial charge is 0.196 e. The van der Waals surface area contributed by atoms with Gasteiger partial charge in [0.1, 0.15) is 0 Å². The molecule has 4 nitrogen and oxygen atoms in total. The van der Waals surface area contributed by atoms with Crippen LogP contribution in [0.15, 0.2) is 90.4 Å². The largest absolute Gasteiger partial charge is 0.270 e. The van der Waals surface area contributed by atoms with E-state index in [-0.39, 0.29) is 0 Å². The van der Waals surface area contributed by atoms with Crippen LogP contribution in [0.5, 0.6) is 0 Å². The highest BCUT2D eigenvalue weighted by Crippen LogP contribution is 2.28. The summed E-state index contributed by atoms with van der Waals surface area (Å²) in [4.78, 5) is 4.09. The van der Waals surface area contributed by atoms with Crippen molar-refractivity contribution in [1.82, 2.24) is 19.7 Å². The van der Waals surface area contributed by atoms with Crippen LogP contribution in [-0.4, -0.2) is 25.5 Å². The summed E-state index contributed by atoms with van der Waals surface area (Å²) in [6.07, 6.45) is 7.75. The Morgan fingerprint density at radius 2 is 1.64 bits per heavy atom. The van der Waals surface area contributed by atoms with Gasteiger partial charge in [0.25, 0.3) is 0 Å². The molecule has 0 amide bonds. The number of nitrogens with zero attached hydrogens (tertiary/aromatic N) is 4. The molecule has 0 unspecified atom stereocenters. The fourth-order valence-electron chi connectivity index (χ4n) is 2.75. The van der Waals surface area contributed by atoms with Gasteiger partial charge in [-0.3, -0.25) is 9.55 Å². The molecule has 138 valence electrons. The minimum atomic E-state index is 0.697. The SMILES string of the molecule is Clc1ccc(-n2c(SC/C=C/c3ccccc3)nnc2-c2ccncc2)cc1. The minimum Gasteiger partial charge on any atom is -0.270 e. The van der Waals surface area contributed by atoms with Crippen LogP contribution in [-0.2, 0) is 0 Å². The zero-order chi connectivity index (χ0) is 19.2. The highest BCUT2D eigenvalue weighted by molar-refractivity contribution is 7.99. The van der Waals surface area contributed by atoms with Crippen molar-refractivity contribution in [3.05, 3.63) is 95.8 Å². The molecule has 0 bridgehead atoms. The summed E-state index contributed by atoms with van der Waals surface area (Å²) in [5.41, 5.74) is 3.11. The Bertz CT molecular complexity index is 1060. The Labute approximate surface area is 172 Å². The van der Waals surface area contributed by atoms with Crippen LogP contribution in [0.3, 0.4) is 0 Å². The normalized spacial score (nSPS) is 11.2. The molecule has 0 radical (unpaired) electrons. The maximum Gasteiger partial charge on any atom is 0.196 e. The van der Waals surface area contributed by atoms with Gasteiger partial charge in [-0.25, -0.2) is 0 Å². The first-order valence-electron chi connectivity index (χ1n) is 8.77. The van der Waals surface area contributed by atoms with Crippen molar-refractivity contribution < 1.29 is 0 Å². The molecule has 0 aliphatic heterocycles. The third-order valence-electron chi connectivity index (χ3n) is 4.08. The summed E-state index contributed by atoms with van der Waals surface area (Å²) >= 11 is 7.70. The number of benzene rings is 2. The highest BCUT2D eigenvalue weighted by Gasteiger charge is 2.15. The van der Waals surface area contributed by atoms with Crippen molar-refractivity contribution in [1.29, 1.82) is 0 Å². The van der Waals surface area contributed by atoms with Gasteiger partial charge in [0.2, 0.25) is 0 Å². The molecule has 0 atom stereocenters. The third-order valence-corrected chi connectivity index (χ3v) is 5.21. The first kappa shape index (κ1) is 18.5. The molecule has 4 aromatic rings. The lowest BCUT2D eigenvalue weighted by atomic mass is 10.2. The summed E-state index contributed by atoms with van der Waals surface area (Å²) in [5.74, 6) is 1.57. The lowest BCUT2D eigenvalue weighted by Crippen LogP contribution is -1.99. The maximum atomic E-state index is 6.07. The molecule has 2 aromatic carbocycles. The monoisotopic (exact) mass is 404 g/mol. The van der Waals surface area contributed by atoms with Crippen molar-refractivity contribution in [3.63, 3.8) is 0 Å². The molecular formula is C22H17ClN4S. The fraction of sp³-hybridized carbons (Fsp3) is 0.0455. The van der Waals surface area contributed by atoms with E-state index in [1.165, 1.54) is 5.56 Å². The molecule has 0 aliphatic rings. The molecule has 0 aliphatic carbocycles. The molecule has 0 spiro atoms. The molecule has 0 saturated heterocycles. The Kier molecular flexibility index (Phi) is 5.85. The van der Waals surface area contributed by atoms with Gasteiger partial charge in [-0.2, -0.15) is 0 Å². The third kappa shape index (κ3) is 4.32. The summed E-state index contributed by atoms with van der Waals surface area (Å²) in [5, 5.41) is 10.4. The van der Waals surface area contributed by atoms with Gasteiger partial charge in [-0.05, 0) is 42.0 Å². The van der Waals surface area contributed by atoms with E-state index < -0.39 is 0 Å². The molecule has 4 rings (SSSR count). The van der Waals surface area contributed by atoms with Gasteiger partial charge in [0, 0.05) is 34.4 Å². The Morgan fingerprint density at radius 3 is 2.39 bits per heavy atom. The van der Waals surface area contributed by atoms with E-state index in [1.54, 1.807) is 24.2 Å². The second-order valence-corrected chi connectivity index (χ2v) is 7.40. The molecular weight excluding hydrogens is 388 g/mol. The average molecular weight is 405 g/mol. The van der Waals surface area contributed by atoms with Crippen molar-refractivity contribution in [2.75, 3.05) is 5.75 Å². The quantitative estimate of drug-likeness (QED) is 0.381. The predicted molar refractivity (Wildman–Crippen MR) is 116 cm³/mol. The van der Waals surface area contributed by atoms with E-state index >= 15 is 0 Å². The zero-order valence-corrected chi connectivity index (χ0v) is 16.5. The standard InChI is InChI=1S/C22H17ClN4S/c23-19-8-10-20(11-9-19)27-21(18-12-14-24-15-13-18)25-26-22(27)28-16-4-7-17-5-2-1-3-6-17/h1-15H,16H2/b7-4+. The van der Waals surface area contributed by atoms with E-state index in [9.17, 15) is 0 Å². The molecule has 0 saturated carbocycles. The number of hydrogen-bond donors (Lipinski definition) is 0. The van der Waals surface area contributed by atoms with Gasteiger partial charge in [0.05, 0.1) is 0 Å². The Morgan fingerprint density at radius 1 is 0.893 bits per heavy atom. The Balaban J connectivity index is 1.62. The van der Waals surface area contributed by atoms with Crippen LogP contribution in [0.25, 0.3) is 23.2 Å². The van der Waals surface area contributed by atoms with Crippen LogP contribution in [0.2, 0.25) is 5.02 Å². The maximum absolute atomic E-state index is 6.07. The van der Waals surface area contributed by atoms with E-state index in [2.05, 4.69) is 39.5 Å². The zero-order valence-electron chi connectivity index (χ0n) is 14.9. The van der Waals surface area contributed by atoms with Crippen LogP contribution >= 0.6 is 23.4 Å². The van der Waals surface area contributed by atoms with Gasteiger partial charge >= 0.3 is 0 Å². The fourth-order valence-corrected chi connectivity index (χ4v) is 3.63. The highest BCUT2D eigenvalue weighted by atomic mass is 35.5. The molecule has 28 heavy (non-hydrogen) atoms.